The normalized spacial score (nSPS) is 10.2. The maximum atomic E-state index is 12.8. The van der Waals surface area contributed by atoms with E-state index >= 15 is 0 Å². The molecule has 0 aliphatic carbocycles. The van der Waals surface area contributed by atoms with E-state index in [0.29, 0.717) is 17.9 Å². The molecule has 1 amide bonds. The minimum atomic E-state index is -0.0319. The number of aromatic nitrogens is 1. The molecule has 0 saturated heterocycles. The van der Waals surface area contributed by atoms with Gasteiger partial charge in [-0.25, -0.2) is 4.98 Å². The highest BCUT2D eigenvalue weighted by atomic mass is 16.2. The van der Waals surface area contributed by atoms with Crippen LogP contribution in [0.4, 0.5) is 11.5 Å². The molecule has 4 nitrogen and oxygen atoms in total. The van der Waals surface area contributed by atoms with Gasteiger partial charge in [0.15, 0.2) is 0 Å². The Morgan fingerprint density at radius 1 is 1.10 bits per heavy atom. The fourth-order valence-corrected chi connectivity index (χ4v) is 2.12. The predicted octanol–water partition coefficient (Wildman–Crippen LogP) is 2.81. The van der Waals surface area contributed by atoms with Crippen LogP contribution in [0.1, 0.15) is 17.3 Å². The minimum absolute atomic E-state index is 0.0319. The molecule has 0 aliphatic heterocycles. The Kier molecular flexibility index (Phi) is 4.35. The summed E-state index contributed by atoms with van der Waals surface area (Å²) in [6, 6.07) is 13.3. The van der Waals surface area contributed by atoms with Crippen molar-refractivity contribution in [1.82, 2.24) is 4.98 Å². The number of para-hydroxylation sites is 1. The van der Waals surface area contributed by atoms with Crippen molar-refractivity contribution < 1.29 is 4.79 Å². The molecule has 0 bridgehead atoms. The third-order valence-corrected chi connectivity index (χ3v) is 3.07. The second kappa shape index (κ2) is 6.19. The zero-order valence-corrected chi connectivity index (χ0v) is 12.1. The van der Waals surface area contributed by atoms with E-state index in [9.17, 15) is 4.79 Å². The number of pyridine rings is 1. The van der Waals surface area contributed by atoms with Crippen molar-refractivity contribution in [2.75, 3.05) is 30.4 Å². The molecule has 1 aromatic heterocycles. The highest BCUT2D eigenvalue weighted by molar-refractivity contribution is 6.09. The quantitative estimate of drug-likeness (QED) is 0.856. The number of carbonyl (C=O) groups is 1. The third kappa shape index (κ3) is 2.79. The summed E-state index contributed by atoms with van der Waals surface area (Å²) in [7, 11) is 3.77. The number of nitrogens with zero attached hydrogens (tertiary/aromatic N) is 3. The summed E-state index contributed by atoms with van der Waals surface area (Å²) in [4.78, 5) is 20.7. The monoisotopic (exact) mass is 269 g/mol. The molecule has 2 rings (SSSR count). The number of carbonyl (C=O) groups excluding carboxylic acids is 1. The highest BCUT2D eigenvalue weighted by Crippen LogP contribution is 2.21. The summed E-state index contributed by atoms with van der Waals surface area (Å²) >= 11 is 0. The summed E-state index contributed by atoms with van der Waals surface area (Å²) in [6.07, 6.45) is 1.70. The second-order valence-corrected chi connectivity index (χ2v) is 4.65. The lowest BCUT2D eigenvalue weighted by Crippen LogP contribution is -2.32. The average molecular weight is 269 g/mol. The molecule has 104 valence electrons. The predicted molar refractivity (Wildman–Crippen MR) is 82.4 cm³/mol. The van der Waals surface area contributed by atoms with Gasteiger partial charge in [-0.2, -0.15) is 0 Å². The first-order valence-electron chi connectivity index (χ1n) is 6.64. The Labute approximate surface area is 119 Å². The van der Waals surface area contributed by atoms with E-state index in [4.69, 9.17) is 0 Å². The number of benzene rings is 1. The van der Waals surface area contributed by atoms with Crippen LogP contribution in [-0.4, -0.2) is 31.5 Å². The third-order valence-electron chi connectivity index (χ3n) is 3.07. The topological polar surface area (TPSA) is 36.4 Å². The fourth-order valence-electron chi connectivity index (χ4n) is 2.12. The van der Waals surface area contributed by atoms with Crippen LogP contribution in [0.2, 0.25) is 0 Å². The fraction of sp³-hybridized carbons (Fsp3) is 0.250. The second-order valence-electron chi connectivity index (χ2n) is 4.65. The molecule has 0 spiro atoms. The Balaban J connectivity index is 2.40. The van der Waals surface area contributed by atoms with Crippen LogP contribution >= 0.6 is 0 Å². The van der Waals surface area contributed by atoms with Crippen molar-refractivity contribution >= 4 is 17.4 Å². The van der Waals surface area contributed by atoms with E-state index in [1.807, 2.05) is 62.3 Å². The smallest absolute Gasteiger partial charge is 0.262 e. The van der Waals surface area contributed by atoms with Gasteiger partial charge in [-0.15, -0.1) is 0 Å². The van der Waals surface area contributed by atoms with Gasteiger partial charge in [0.1, 0.15) is 5.82 Å². The maximum absolute atomic E-state index is 12.8. The minimum Gasteiger partial charge on any atom is -0.362 e. The van der Waals surface area contributed by atoms with Gasteiger partial charge in [-0.05, 0) is 31.2 Å². The lowest BCUT2D eigenvalue weighted by molar-refractivity contribution is 0.0988. The van der Waals surface area contributed by atoms with Crippen molar-refractivity contribution in [1.29, 1.82) is 0 Å². The van der Waals surface area contributed by atoms with Crippen molar-refractivity contribution in [2.24, 2.45) is 0 Å². The first kappa shape index (κ1) is 14.1. The first-order valence-corrected chi connectivity index (χ1v) is 6.64. The van der Waals surface area contributed by atoms with Crippen LogP contribution in [-0.2, 0) is 0 Å². The summed E-state index contributed by atoms with van der Waals surface area (Å²) in [5, 5.41) is 0. The highest BCUT2D eigenvalue weighted by Gasteiger charge is 2.20. The number of amides is 1. The van der Waals surface area contributed by atoms with E-state index in [-0.39, 0.29) is 5.91 Å². The molecule has 0 aliphatic rings. The molecule has 0 N–H and O–H groups in total. The largest absolute Gasteiger partial charge is 0.362 e. The van der Waals surface area contributed by atoms with E-state index in [1.54, 1.807) is 17.2 Å². The van der Waals surface area contributed by atoms with Gasteiger partial charge in [-0.3, -0.25) is 4.79 Å². The summed E-state index contributed by atoms with van der Waals surface area (Å²) in [5.41, 5.74) is 1.51. The Morgan fingerprint density at radius 3 is 2.40 bits per heavy atom. The van der Waals surface area contributed by atoms with Crippen LogP contribution < -0.4 is 9.80 Å². The molecule has 2 aromatic rings. The maximum Gasteiger partial charge on any atom is 0.262 e. The molecule has 1 heterocycles. The van der Waals surface area contributed by atoms with Gasteiger partial charge < -0.3 is 9.80 Å². The van der Waals surface area contributed by atoms with Gasteiger partial charge in [0.05, 0.1) is 5.56 Å². The summed E-state index contributed by atoms with van der Waals surface area (Å²) in [5.74, 6) is 0.655. The summed E-state index contributed by atoms with van der Waals surface area (Å²) < 4.78 is 0. The van der Waals surface area contributed by atoms with Crippen molar-refractivity contribution in [3.05, 3.63) is 54.2 Å². The van der Waals surface area contributed by atoms with Crippen molar-refractivity contribution in [3.63, 3.8) is 0 Å². The molecular formula is C16H19N3O. The zero-order valence-electron chi connectivity index (χ0n) is 12.1. The van der Waals surface area contributed by atoms with Gasteiger partial charge in [0.25, 0.3) is 5.91 Å². The van der Waals surface area contributed by atoms with Crippen LogP contribution in [0.3, 0.4) is 0 Å². The first-order chi connectivity index (χ1) is 9.65. The van der Waals surface area contributed by atoms with Gasteiger partial charge in [0.2, 0.25) is 0 Å². The van der Waals surface area contributed by atoms with Gasteiger partial charge in [-0.1, -0.05) is 18.2 Å². The molecule has 4 heteroatoms. The number of hydrogen-bond acceptors (Lipinski definition) is 3. The van der Waals surface area contributed by atoms with E-state index < -0.39 is 0 Å². The summed E-state index contributed by atoms with van der Waals surface area (Å²) in [6.45, 7) is 2.58. The van der Waals surface area contributed by atoms with Crippen LogP contribution in [0.5, 0.6) is 0 Å². The van der Waals surface area contributed by atoms with Crippen molar-refractivity contribution in [2.45, 2.75) is 6.92 Å². The Bertz CT molecular complexity index is 581. The zero-order chi connectivity index (χ0) is 14.5. The molecule has 0 atom stereocenters. The molecule has 20 heavy (non-hydrogen) atoms. The average Bonchev–Trinajstić information content (AvgIpc) is 2.49. The molecule has 1 aromatic carbocycles. The van der Waals surface area contributed by atoms with Crippen LogP contribution in [0.25, 0.3) is 0 Å². The van der Waals surface area contributed by atoms with Gasteiger partial charge >= 0.3 is 0 Å². The molecule has 0 fully saturated rings. The number of rotatable bonds is 4. The van der Waals surface area contributed by atoms with E-state index in [0.717, 1.165) is 5.69 Å². The standard InChI is InChI=1S/C16H19N3O/c1-4-19(13-9-6-5-7-10-13)16(20)14-11-8-12-17-15(14)18(2)3/h5-12H,4H2,1-3H3. The molecular weight excluding hydrogens is 250 g/mol. The molecule has 0 unspecified atom stereocenters. The Morgan fingerprint density at radius 2 is 1.80 bits per heavy atom. The van der Waals surface area contributed by atoms with Crippen molar-refractivity contribution in [3.8, 4) is 0 Å². The number of hydrogen-bond donors (Lipinski definition) is 0. The molecule has 0 radical (unpaired) electrons. The Hall–Kier alpha value is -2.36. The van der Waals surface area contributed by atoms with Gasteiger partial charge in [0, 0.05) is 32.5 Å². The van der Waals surface area contributed by atoms with E-state index in [1.165, 1.54) is 0 Å². The van der Waals surface area contributed by atoms with Crippen LogP contribution in [0, 0.1) is 0 Å². The number of anilines is 2. The molecule has 0 saturated carbocycles. The SMILES string of the molecule is CCN(C(=O)c1cccnc1N(C)C)c1ccccc1. The van der Waals surface area contributed by atoms with Crippen LogP contribution in [0.15, 0.2) is 48.7 Å². The van der Waals surface area contributed by atoms with E-state index in [2.05, 4.69) is 4.98 Å². The lowest BCUT2D eigenvalue weighted by Gasteiger charge is -2.23. The lowest BCUT2D eigenvalue weighted by atomic mass is 10.2.